The number of nitrogens with one attached hydrogen (secondary N) is 2. The molecular formula is C11H18N2O2S. The highest BCUT2D eigenvalue weighted by molar-refractivity contribution is 7.08. The van der Waals surface area contributed by atoms with Crippen LogP contribution in [0.4, 0.5) is 10.5 Å². The minimum absolute atomic E-state index is 0.0826. The summed E-state index contributed by atoms with van der Waals surface area (Å²) in [6.45, 7) is 4.70. The summed E-state index contributed by atoms with van der Waals surface area (Å²) in [6.07, 6.45) is 0.672. The van der Waals surface area contributed by atoms with E-state index < -0.39 is 0 Å². The first-order valence-corrected chi connectivity index (χ1v) is 6.16. The van der Waals surface area contributed by atoms with E-state index in [0.717, 1.165) is 5.69 Å². The number of thiophene rings is 1. The minimum Gasteiger partial charge on any atom is -0.396 e. The second kappa shape index (κ2) is 5.86. The van der Waals surface area contributed by atoms with Crippen molar-refractivity contribution in [3.05, 3.63) is 16.8 Å². The van der Waals surface area contributed by atoms with Gasteiger partial charge in [0.1, 0.15) is 0 Å². The number of carbonyl (C=O) groups excluding carboxylic acids is 1. The summed E-state index contributed by atoms with van der Waals surface area (Å²) in [7, 11) is 0. The third-order valence-corrected chi connectivity index (χ3v) is 2.98. The van der Waals surface area contributed by atoms with Gasteiger partial charge in [0.2, 0.25) is 0 Å². The molecule has 16 heavy (non-hydrogen) atoms. The molecule has 1 rings (SSSR count). The lowest BCUT2D eigenvalue weighted by Gasteiger charge is -2.23. The number of aliphatic hydroxyl groups excluding tert-OH is 1. The van der Waals surface area contributed by atoms with E-state index in [1.165, 1.54) is 11.3 Å². The average Bonchev–Trinajstić information content (AvgIpc) is 2.68. The first kappa shape index (κ1) is 13.0. The molecule has 1 heterocycles. The van der Waals surface area contributed by atoms with E-state index in [0.29, 0.717) is 13.0 Å². The van der Waals surface area contributed by atoms with Crippen molar-refractivity contribution in [1.29, 1.82) is 0 Å². The predicted octanol–water partition coefficient (Wildman–Crippen LogP) is 2.28. The Hall–Kier alpha value is -1.07. The molecule has 1 aromatic heterocycles. The van der Waals surface area contributed by atoms with Crippen molar-refractivity contribution in [2.45, 2.75) is 20.3 Å². The number of anilines is 1. The number of hydrogen-bond donors (Lipinski definition) is 3. The summed E-state index contributed by atoms with van der Waals surface area (Å²) >= 11 is 1.54. The normalized spacial score (nSPS) is 11.2. The Labute approximate surface area is 99.7 Å². The van der Waals surface area contributed by atoms with Crippen molar-refractivity contribution >= 4 is 23.1 Å². The topological polar surface area (TPSA) is 61.4 Å². The maximum absolute atomic E-state index is 11.5. The summed E-state index contributed by atoms with van der Waals surface area (Å²) in [5.74, 6) is 0. The van der Waals surface area contributed by atoms with E-state index in [9.17, 15) is 4.79 Å². The smallest absolute Gasteiger partial charge is 0.319 e. The van der Waals surface area contributed by atoms with Crippen molar-refractivity contribution in [1.82, 2.24) is 5.32 Å². The second-order valence-electron chi connectivity index (χ2n) is 4.46. The molecule has 0 saturated heterocycles. The van der Waals surface area contributed by atoms with Crippen LogP contribution in [0.2, 0.25) is 0 Å². The van der Waals surface area contributed by atoms with Gasteiger partial charge in [-0.25, -0.2) is 4.79 Å². The van der Waals surface area contributed by atoms with Gasteiger partial charge in [-0.05, 0) is 23.3 Å². The van der Waals surface area contributed by atoms with Gasteiger partial charge >= 0.3 is 6.03 Å². The Bertz CT molecular complexity index is 323. The highest BCUT2D eigenvalue weighted by Gasteiger charge is 2.17. The Morgan fingerprint density at radius 3 is 2.88 bits per heavy atom. The molecule has 0 unspecified atom stereocenters. The molecule has 0 bridgehead atoms. The minimum atomic E-state index is -0.204. The summed E-state index contributed by atoms with van der Waals surface area (Å²) in [5.41, 5.74) is 0.725. The first-order valence-electron chi connectivity index (χ1n) is 5.21. The van der Waals surface area contributed by atoms with E-state index >= 15 is 0 Å². The molecule has 0 radical (unpaired) electrons. The predicted molar refractivity (Wildman–Crippen MR) is 66.8 cm³/mol. The largest absolute Gasteiger partial charge is 0.396 e. The van der Waals surface area contributed by atoms with E-state index in [2.05, 4.69) is 10.6 Å². The van der Waals surface area contributed by atoms with Gasteiger partial charge in [0.25, 0.3) is 0 Å². The third-order valence-electron chi connectivity index (χ3n) is 2.30. The number of carbonyl (C=O) groups is 1. The molecule has 5 heteroatoms. The lowest BCUT2D eigenvalue weighted by molar-refractivity contribution is 0.204. The fourth-order valence-corrected chi connectivity index (χ4v) is 1.81. The standard InChI is InChI=1S/C11H18N2O2S/c1-11(2,4-5-14)8-12-10(15)13-9-3-6-16-7-9/h3,6-7,14H,4-5,8H2,1-2H3,(H2,12,13,15). The van der Waals surface area contributed by atoms with Crippen LogP contribution >= 0.6 is 11.3 Å². The fraction of sp³-hybridized carbons (Fsp3) is 0.545. The van der Waals surface area contributed by atoms with E-state index in [-0.39, 0.29) is 18.1 Å². The molecule has 0 aliphatic rings. The highest BCUT2D eigenvalue weighted by atomic mass is 32.1. The van der Waals surface area contributed by atoms with E-state index in [1.807, 2.05) is 30.7 Å². The van der Waals surface area contributed by atoms with E-state index in [4.69, 9.17) is 5.11 Å². The van der Waals surface area contributed by atoms with Crippen molar-refractivity contribution in [3.8, 4) is 0 Å². The molecule has 0 fully saturated rings. The van der Waals surface area contributed by atoms with Crippen molar-refractivity contribution < 1.29 is 9.90 Å². The lowest BCUT2D eigenvalue weighted by atomic mass is 9.90. The number of amides is 2. The van der Waals surface area contributed by atoms with Crippen LogP contribution in [-0.2, 0) is 0 Å². The maximum Gasteiger partial charge on any atom is 0.319 e. The van der Waals surface area contributed by atoms with Crippen molar-refractivity contribution in [3.63, 3.8) is 0 Å². The molecule has 0 atom stereocenters. The first-order chi connectivity index (χ1) is 7.53. The summed E-state index contributed by atoms with van der Waals surface area (Å²) < 4.78 is 0. The molecule has 0 aliphatic carbocycles. The van der Waals surface area contributed by atoms with Crippen molar-refractivity contribution in [2.24, 2.45) is 5.41 Å². The second-order valence-corrected chi connectivity index (χ2v) is 5.24. The average molecular weight is 242 g/mol. The van der Waals surface area contributed by atoms with Gasteiger partial charge in [-0.3, -0.25) is 0 Å². The van der Waals surface area contributed by atoms with Gasteiger partial charge in [0.05, 0.1) is 5.69 Å². The van der Waals surface area contributed by atoms with Crippen LogP contribution in [0.5, 0.6) is 0 Å². The van der Waals surface area contributed by atoms with Crippen LogP contribution < -0.4 is 10.6 Å². The lowest BCUT2D eigenvalue weighted by Crippen LogP contribution is -2.37. The molecule has 0 aromatic carbocycles. The number of hydrogen-bond acceptors (Lipinski definition) is 3. The van der Waals surface area contributed by atoms with Gasteiger partial charge in [-0.2, -0.15) is 11.3 Å². The van der Waals surface area contributed by atoms with Gasteiger partial charge in [-0.1, -0.05) is 13.8 Å². The van der Waals surface area contributed by atoms with Gasteiger partial charge < -0.3 is 15.7 Å². The molecular weight excluding hydrogens is 224 g/mol. The Morgan fingerprint density at radius 1 is 1.56 bits per heavy atom. The molecule has 2 amide bonds. The summed E-state index contributed by atoms with van der Waals surface area (Å²) in [5, 5.41) is 18.2. The maximum atomic E-state index is 11.5. The van der Waals surface area contributed by atoms with Gasteiger partial charge in [0.15, 0.2) is 0 Å². The third kappa shape index (κ3) is 4.63. The van der Waals surface area contributed by atoms with Crippen LogP contribution in [-0.4, -0.2) is 24.3 Å². The van der Waals surface area contributed by atoms with Crippen LogP contribution in [0, 0.1) is 5.41 Å². The van der Waals surface area contributed by atoms with Crippen LogP contribution in [0.3, 0.4) is 0 Å². The molecule has 4 nitrogen and oxygen atoms in total. The number of aliphatic hydroxyl groups is 1. The summed E-state index contributed by atoms with van der Waals surface area (Å²) in [4.78, 5) is 11.5. The molecule has 0 saturated carbocycles. The van der Waals surface area contributed by atoms with E-state index in [1.54, 1.807) is 0 Å². The van der Waals surface area contributed by atoms with Gasteiger partial charge in [-0.15, -0.1) is 0 Å². The van der Waals surface area contributed by atoms with Crippen molar-refractivity contribution in [2.75, 3.05) is 18.5 Å². The molecule has 0 aliphatic heterocycles. The van der Waals surface area contributed by atoms with Crippen LogP contribution in [0.15, 0.2) is 16.8 Å². The van der Waals surface area contributed by atoms with Gasteiger partial charge in [0, 0.05) is 18.5 Å². The molecule has 3 N–H and O–H groups in total. The SMILES string of the molecule is CC(C)(CCO)CNC(=O)Nc1ccsc1. The highest BCUT2D eigenvalue weighted by Crippen LogP contribution is 2.18. The molecule has 0 spiro atoms. The van der Waals surface area contributed by atoms with Crippen LogP contribution in [0.25, 0.3) is 0 Å². The Morgan fingerprint density at radius 2 is 2.31 bits per heavy atom. The quantitative estimate of drug-likeness (QED) is 0.741. The Kier molecular flexibility index (Phi) is 4.76. The number of rotatable bonds is 5. The monoisotopic (exact) mass is 242 g/mol. The summed E-state index contributed by atoms with van der Waals surface area (Å²) in [6, 6.07) is 1.65. The molecule has 90 valence electrons. The van der Waals surface area contributed by atoms with Crippen LogP contribution in [0.1, 0.15) is 20.3 Å². The Balaban J connectivity index is 2.30. The fourth-order valence-electron chi connectivity index (χ4n) is 1.22. The molecule has 1 aromatic rings. The zero-order valence-corrected chi connectivity index (χ0v) is 10.4. The zero-order chi connectivity index (χ0) is 12.0. The number of urea groups is 1. The zero-order valence-electron chi connectivity index (χ0n) is 9.62.